The van der Waals surface area contributed by atoms with Crippen LogP contribution in [0.4, 0.5) is 5.69 Å². The molecule has 1 amide bonds. The van der Waals surface area contributed by atoms with Crippen molar-refractivity contribution in [2.75, 3.05) is 5.32 Å². The molecule has 1 aromatic heterocycles. The molecule has 1 saturated carbocycles. The second-order valence-corrected chi connectivity index (χ2v) is 9.80. The summed E-state index contributed by atoms with van der Waals surface area (Å²) in [5.41, 5.74) is 6.66. The number of aromatic nitrogens is 1. The van der Waals surface area contributed by atoms with Crippen LogP contribution in [0.25, 0.3) is 0 Å². The smallest absolute Gasteiger partial charge is 0.250 e. The van der Waals surface area contributed by atoms with Crippen LogP contribution >= 0.6 is 11.3 Å². The summed E-state index contributed by atoms with van der Waals surface area (Å²) < 4.78 is 27.7. The first kappa shape index (κ1) is 18.8. The number of hydrogen-bond acceptors (Lipinski definition) is 6. The second kappa shape index (κ2) is 6.64. The van der Waals surface area contributed by atoms with Crippen molar-refractivity contribution in [3.63, 3.8) is 0 Å². The van der Waals surface area contributed by atoms with E-state index in [4.69, 9.17) is 5.73 Å². The standard InChI is InChI=1S/C17H22N4O3S2/c1-10-15(25-11(2)20-10)9-19-14-5-4-12(8-13(14)16(18)22)26(23,24)21-17(3)6-7-17/h4-5,8,19,21H,6-7,9H2,1-3H3,(H2,18,22). The van der Waals surface area contributed by atoms with E-state index in [9.17, 15) is 13.2 Å². The van der Waals surface area contributed by atoms with Crippen LogP contribution in [0.1, 0.15) is 45.7 Å². The molecule has 0 aliphatic heterocycles. The Morgan fingerprint density at radius 1 is 1.35 bits per heavy atom. The molecule has 0 saturated heterocycles. The molecule has 7 nitrogen and oxygen atoms in total. The molecule has 1 aromatic carbocycles. The minimum Gasteiger partial charge on any atom is -0.379 e. The number of sulfonamides is 1. The third kappa shape index (κ3) is 4.05. The van der Waals surface area contributed by atoms with E-state index in [0.717, 1.165) is 28.4 Å². The molecular formula is C17H22N4O3S2. The highest BCUT2D eigenvalue weighted by Gasteiger charge is 2.41. The largest absolute Gasteiger partial charge is 0.379 e. The number of amides is 1. The van der Waals surface area contributed by atoms with E-state index in [2.05, 4.69) is 15.0 Å². The Morgan fingerprint density at radius 3 is 2.58 bits per heavy atom. The van der Waals surface area contributed by atoms with Crippen LogP contribution in [0, 0.1) is 13.8 Å². The number of aryl methyl sites for hydroxylation is 2. The highest BCUT2D eigenvalue weighted by Crippen LogP contribution is 2.36. The fourth-order valence-electron chi connectivity index (χ4n) is 2.63. The first-order valence-electron chi connectivity index (χ1n) is 8.24. The number of carbonyl (C=O) groups excluding carboxylic acids is 1. The van der Waals surface area contributed by atoms with Crippen LogP contribution in [-0.2, 0) is 16.6 Å². The van der Waals surface area contributed by atoms with Gasteiger partial charge in [0.15, 0.2) is 0 Å². The SMILES string of the molecule is Cc1nc(C)c(CNc2ccc(S(=O)(=O)NC3(C)CC3)cc2C(N)=O)s1. The number of nitrogens with two attached hydrogens (primary N) is 1. The molecule has 2 aromatic rings. The van der Waals surface area contributed by atoms with Crippen LogP contribution in [0.5, 0.6) is 0 Å². The molecular weight excluding hydrogens is 372 g/mol. The monoisotopic (exact) mass is 394 g/mol. The van der Waals surface area contributed by atoms with E-state index < -0.39 is 15.9 Å². The van der Waals surface area contributed by atoms with Gasteiger partial charge in [-0.2, -0.15) is 0 Å². The fourth-order valence-corrected chi connectivity index (χ4v) is 5.00. The van der Waals surface area contributed by atoms with Gasteiger partial charge in [-0.25, -0.2) is 18.1 Å². The number of nitrogens with zero attached hydrogens (tertiary/aromatic N) is 1. The number of carbonyl (C=O) groups is 1. The van der Waals surface area contributed by atoms with Crippen LogP contribution in [0.15, 0.2) is 23.1 Å². The van der Waals surface area contributed by atoms with Crippen LogP contribution in [0.3, 0.4) is 0 Å². The second-order valence-electron chi connectivity index (χ2n) is 6.83. The Hall–Kier alpha value is -1.97. The van der Waals surface area contributed by atoms with Gasteiger partial charge in [-0.05, 0) is 51.8 Å². The lowest BCUT2D eigenvalue weighted by Crippen LogP contribution is -2.34. The molecule has 0 atom stereocenters. The average Bonchev–Trinajstić information content (AvgIpc) is 3.16. The normalized spacial score (nSPS) is 15.7. The van der Waals surface area contributed by atoms with Gasteiger partial charge in [0.25, 0.3) is 5.91 Å². The maximum atomic E-state index is 12.5. The zero-order valence-electron chi connectivity index (χ0n) is 14.9. The predicted molar refractivity (Wildman–Crippen MR) is 102 cm³/mol. The third-order valence-corrected chi connectivity index (χ3v) is 7.10. The summed E-state index contributed by atoms with van der Waals surface area (Å²) in [6.07, 6.45) is 1.62. The molecule has 9 heteroatoms. The van der Waals surface area contributed by atoms with E-state index in [1.165, 1.54) is 12.1 Å². The molecule has 0 spiro atoms. The van der Waals surface area contributed by atoms with Gasteiger partial charge in [0.05, 0.1) is 27.7 Å². The Kier molecular flexibility index (Phi) is 4.80. The summed E-state index contributed by atoms with van der Waals surface area (Å²) in [5.74, 6) is -0.681. The molecule has 3 rings (SSSR count). The quantitative estimate of drug-likeness (QED) is 0.667. The Balaban J connectivity index is 1.85. The highest BCUT2D eigenvalue weighted by molar-refractivity contribution is 7.89. The van der Waals surface area contributed by atoms with Crippen LogP contribution in [0.2, 0.25) is 0 Å². The van der Waals surface area contributed by atoms with E-state index >= 15 is 0 Å². The Morgan fingerprint density at radius 2 is 2.04 bits per heavy atom. The summed E-state index contributed by atoms with van der Waals surface area (Å²) in [6.45, 7) is 6.20. The van der Waals surface area contributed by atoms with Crippen LogP contribution in [-0.4, -0.2) is 24.8 Å². The molecule has 26 heavy (non-hydrogen) atoms. The van der Waals surface area contributed by atoms with Crippen molar-refractivity contribution < 1.29 is 13.2 Å². The van der Waals surface area contributed by atoms with Crippen molar-refractivity contribution in [2.45, 2.75) is 50.6 Å². The lowest BCUT2D eigenvalue weighted by atomic mass is 10.1. The lowest BCUT2D eigenvalue weighted by Gasteiger charge is -2.15. The summed E-state index contributed by atoms with van der Waals surface area (Å²) in [4.78, 5) is 17.3. The van der Waals surface area contributed by atoms with Crippen molar-refractivity contribution >= 4 is 33.0 Å². The van der Waals surface area contributed by atoms with Crippen molar-refractivity contribution in [1.29, 1.82) is 0 Å². The zero-order valence-corrected chi connectivity index (χ0v) is 16.6. The molecule has 1 fully saturated rings. The molecule has 1 aliphatic carbocycles. The van der Waals surface area contributed by atoms with E-state index in [1.54, 1.807) is 17.4 Å². The minimum atomic E-state index is -3.69. The third-order valence-electron chi connectivity index (χ3n) is 4.39. The maximum absolute atomic E-state index is 12.5. The Bertz CT molecular complexity index is 962. The topological polar surface area (TPSA) is 114 Å². The number of rotatable bonds is 7. The number of hydrogen-bond donors (Lipinski definition) is 3. The molecule has 4 N–H and O–H groups in total. The fraction of sp³-hybridized carbons (Fsp3) is 0.412. The van der Waals surface area contributed by atoms with Crippen molar-refractivity contribution in [3.05, 3.63) is 39.3 Å². The lowest BCUT2D eigenvalue weighted by molar-refractivity contribution is 0.100. The first-order valence-corrected chi connectivity index (χ1v) is 10.5. The maximum Gasteiger partial charge on any atom is 0.250 e. The Labute approximate surface area is 157 Å². The predicted octanol–water partition coefficient (Wildman–Crippen LogP) is 2.30. The van der Waals surface area contributed by atoms with Crippen molar-refractivity contribution in [3.8, 4) is 0 Å². The highest BCUT2D eigenvalue weighted by atomic mass is 32.2. The van der Waals surface area contributed by atoms with Gasteiger partial charge in [-0.3, -0.25) is 4.79 Å². The summed E-state index contributed by atoms with van der Waals surface area (Å²) in [5, 5.41) is 4.13. The van der Waals surface area contributed by atoms with Crippen LogP contribution < -0.4 is 15.8 Å². The summed E-state index contributed by atoms with van der Waals surface area (Å²) >= 11 is 1.57. The average molecular weight is 395 g/mol. The first-order chi connectivity index (χ1) is 12.1. The molecule has 0 unspecified atom stereocenters. The van der Waals surface area contributed by atoms with Gasteiger partial charge in [-0.15, -0.1) is 11.3 Å². The van der Waals surface area contributed by atoms with Gasteiger partial charge < -0.3 is 11.1 Å². The van der Waals surface area contributed by atoms with Gasteiger partial charge in [0.2, 0.25) is 10.0 Å². The van der Waals surface area contributed by atoms with Gasteiger partial charge in [0.1, 0.15) is 0 Å². The van der Waals surface area contributed by atoms with Gasteiger partial charge in [-0.1, -0.05) is 0 Å². The van der Waals surface area contributed by atoms with Crippen molar-refractivity contribution in [1.82, 2.24) is 9.71 Å². The van der Waals surface area contributed by atoms with Gasteiger partial charge in [0, 0.05) is 16.1 Å². The number of anilines is 1. The number of benzene rings is 1. The number of thiazole rings is 1. The van der Waals surface area contributed by atoms with E-state index in [1.807, 2.05) is 20.8 Å². The molecule has 0 radical (unpaired) electrons. The molecule has 140 valence electrons. The molecule has 0 bridgehead atoms. The van der Waals surface area contributed by atoms with E-state index in [-0.39, 0.29) is 16.0 Å². The summed E-state index contributed by atoms with van der Waals surface area (Å²) in [6, 6.07) is 4.38. The van der Waals surface area contributed by atoms with Gasteiger partial charge >= 0.3 is 0 Å². The molecule has 1 aliphatic rings. The zero-order chi connectivity index (χ0) is 19.1. The van der Waals surface area contributed by atoms with E-state index in [0.29, 0.717) is 12.2 Å². The number of primary amides is 1. The van der Waals surface area contributed by atoms with Crippen molar-refractivity contribution in [2.24, 2.45) is 5.73 Å². The summed E-state index contributed by atoms with van der Waals surface area (Å²) in [7, 11) is -3.69. The molecule has 1 heterocycles. The number of nitrogens with one attached hydrogen (secondary N) is 2. The minimum absolute atomic E-state index is 0.0368.